The van der Waals surface area contributed by atoms with Crippen molar-refractivity contribution in [1.82, 2.24) is 5.10 Å². The van der Waals surface area contributed by atoms with Crippen LogP contribution in [-0.2, 0) is 6.18 Å². The Morgan fingerprint density at radius 2 is 1.74 bits per heavy atom. The van der Waals surface area contributed by atoms with Crippen LogP contribution in [-0.4, -0.2) is 17.4 Å². The molecule has 0 spiro atoms. The van der Waals surface area contributed by atoms with Crippen LogP contribution in [0.25, 0.3) is 0 Å². The Morgan fingerprint density at radius 1 is 1.06 bits per heavy atom. The highest BCUT2D eigenvalue weighted by atomic mass is 35.5. The molecule has 1 heterocycles. The van der Waals surface area contributed by atoms with Crippen molar-refractivity contribution < 1.29 is 49.8 Å². The third-order valence-corrected chi connectivity index (χ3v) is 4.34. The highest BCUT2D eigenvalue weighted by Crippen LogP contribution is 2.41. The van der Waals surface area contributed by atoms with Gasteiger partial charge in [-0.25, -0.2) is 4.39 Å². The standard InChI is InChI=1S/C19H9ClF7N3O4/c20-16-11(18(22,23)24)2-4-14(15(16)17(31)29-9-5-6-30(32)28-8-9)33-10-1-3-13(12(21)7-10)34-19(25,26)27/h1-8H,(H,29,31). The first kappa shape index (κ1) is 24.8. The summed E-state index contributed by atoms with van der Waals surface area (Å²) in [5.74, 6) is -4.96. The van der Waals surface area contributed by atoms with E-state index in [9.17, 15) is 40.7 Å². The zero-order chi connectivity index (χ0) is 25.3. The normalized spacial score (nSPS) is 11.8. The van der Waals surface area contributed by atoms with E-state index in [0.29, 0.717) is 18.2 Å². The minimum Gasteiger partial charge on any atom is -0.594 e. The van der Waals surface area contributed by atoms with Gasteiger partial charge in [0.1, 0.15) is 23.3 Å². The van der Waals surface area contributed by atoms with Gasteiger partial charge in [-0.05, 0) is 24.3 Å². The number of amides is 1. The number of nitrogens with zero attached hydrogens (tertiary/aromatic N) is 2. The van der Waals surface area contributed by atoms with E-state index in [1.165, 1.54) is 0 Å². The van der Waals surface area contributed by atoms with Crippen molar-refractivity contribution in [3.8, 4) is 17.2 Å². The van der Waals surface area contributed by atoms with Crippen LogP contribution in [0.5, 0.6) is 17.2 Å². The number of carbonyl (C=O) groups excluding carboxylic acids is 1. The maximum Gasteiger partial charge on any atom is 0.573 e. The van der Waals surface area contributed by atoms with Gasteiger partial charge in [0.05, 0.1) is 16.3 Å². The van der Waals surface area contributed by atoms with E-state index in [4.69, 9.17) is 16.3 Å². The average Bonchev–Trinajstić information content (AvgIpc) is 2.70. The summed E-state index contributed by atoms with van der Waals surface area (Å²) in [6.45, 7) is 0. The van der Waals surface area contributed by atoms with Gasteiger partial charge in [-0.1, -0.05) is 16.4 Å². The molecule has 0 saturated heterocycles. The second kappa shape index (κ2) is 9.21. The van der Waals surface area contributed by atoms with Gasteiger partial charge in [0.15, 0.2) is 11.6 Å². The Labute approximate surface area is 189 Å². The fourth-order valence-corrected chi connectivity index (χ4v) is 2.91. The largest absolute Gasteiger partial charge is 0.594 e. The second-order valence-corrected chi connectivity index (χ2v) is 6.69. The van der Waals surface area contributed by atoms with E-state index in [0.717, 1.165) is 30.6 Å². The SMILES string of the molecule is O=C(Nc1cc[n+]([O-])nc1)c1c(Oc2ccc(OC(F)(F)F)c(F)c2)ccc(C(F)(F)F)c1Cl. The van der Waals surface area contributed by atoms with Gasteiger partial charge in [-0.2, -0.15) is 13.2 Å². The van der Waals surface area contributed by atoms with E-state index in [-0.39, 0.29) is 10.5 Å². The smallest absolute Gasteiger partial charge is 0.573 e. The van der Waals surface area contributed by atoms with Crippen molar-refractivity contribution >= 4 is 23.2 Å². The molecule has 1 N–H and O–H groups in total. The first-order chi connectivity index (χ1) is 15.7. The molecule has 0 fully saturated rings. The molecule has 0 bridgehead atoms. The zero-order valence-corrected chi connectivity index (χ0v) is 16.9. The number of anilines is 1. The summed E-state index contributed by atoms with van der Waals surface area (Å²) < 4.78 is 99.5. The predicted octanol–water partition coefficient (Wildman–Crippen LogP) is 5.47. The molecule has 3 aromatic rings. The minimum atomic E-state index is -5.17. The third-order valence-electron chi connectivity index (χ3n) is 3.94. The highest BCUT2D eigenvalue weighted by Gasteiger charge is 2.36. The van der Waals surface area contributed by atoms with Crippen LogP contribution in [0.3, 0.4) is 0 Å². The molecule has 0 radical (unpaired) electrons. The molecule has 0 aliphatic carbocycles. The molecule has 15 heteroatoms. The van der Waals surface area contributed by atoms with Gasteiger partial charge >= 0.3 is 12.5 Å². The van der Waals surface area contributed by atoms with Crippen LogP contribution in [0.1, 0.15) is 15.9 Å². The number of hydrogen-bond donors (Lipinski definition) is 1. The lowest BCUT2D eigenvalue weighted by Gasteiger charge is -2.17. The molecule has 0 aliphatic heterocycles. The van der Waals surface area contributed by atoms with Crippen molar-refractivity contribution in [1.29, 1.82) is 0 Å². The molecule has 180 valence electrons. The Balaban J connectivity index is 2.00. The summed E-state index contributed by atoms with van der Waals surface area (Å²) in [6.07, 6.45) is -8.33. The van der Waals surface area contributed by atoms with Crippen LogP contribution < -0.4 is 19.6 Å². The molecule has 0 saturated carbocycles. The predicted molar refractivity (Wildman–Crippen MR) is 101 cm³/mol. The molecule has 0 unspecified atom stereocenters. The Kier molecular flexibility index (Phi) is 6.72. The van der Waals surface area contributed by atoms with Gasteiger partial charge in [-0.3, -0.25) is 4.79 Å². The average molecular weight is 512 g/mol. The molecule has 34 heavy (non-hydrogen) atoms. The lowest BCUT2D eigenvalue weighted by Crippen LogP contribution is -2.30. The molecule has 3 rings (SSSR count). The molecular formula is C19H9ClF7N3O4. The monoisotopic (exact) mass is 511 g/mol. The number of nitrogens with one attached hydrogen (secondary N) is 1. The number of benzene rings is 2. The summed E-state index contributed by atoms with van der Waals surface area (Å²) >= 11 is 5.83. The third kappa shape index (κ3) is 5.95. The van der Waals surface area contributed by atoms with E-state index in [1.807, 2.05) is 0 Å². The fourth-order valence-electron chi connectivity index (χ4n) is 2.57. The molecule has 0 atom stereocenters. The Bertz CT molecular complexity index is 1220. The van der Waals surface area contributed by atoms with E-state index in [1.54, 1.807) is 0 Å². The summed E-state index contributed by atoms with van der Waals surface area (Å²) in [7, 11) is 0. The number of rotatable bonds is 5. The summed E-state index contributed by atoms with van der Waals surface area (Å²) in [5, 5.41) is 15.4. The number of alkyl halides is 6. The number of halogens is 8. The van der Waals surface area contributed by atoms with Crippen LogP contribution in [0, 0.1) is 11.0 Å². The van der Waals surface area contributed by atoms with Gasteiger partial charge in [-0.15, -0.1) is 13.2 Å². The van der Waals surface area contributed by atoms with Crippen LogP contribution in [0.15, 0.2) is 48.8 Å². The van der Waals surface area contributed by atoms with E-state index < -0.39 is 57.7 Å². The quantitative estimate of drug-likeness (QED) is 0.279. The van der Waals surface area contributed by atoms with Crippen molar-refractivity contribution in [2.45, 2.75) is 12.5 Å². The molecule has 1 aromatic heterocycles. The van der Waals surface area contributed by atoms with Crippen LogP contribution >= 0.6 is 11.6 Å². The molecular weight excluding hydrogens is 503 g/mol. The first-order valence-electron chi connectivity index (χ1n) is 8.74. The van der Waals surface area contributed by atoms with Gasteiger partial charge in [0.25, 0.3) is 5.91 Å². The molecule has 2 aromatic carbocycles. The number of ether oxygens (including phenoxy) is 2. The van der Waals surface area contributed by atoms with Gasteiger partial charge < -0.3 is 20.0 Å². The second-order valence-electron chi connectivity index (χ2n) is 6.31. The molecule has 0 aliphatic rings. The molecule has 7 nitrogen and oxygen atoms in total. The minimum absolute atomic E-state index is 0.0868. The highest BCUT2D eigenvalue weighted by molar-refractivity contribution is 6.35. The van der Waals surface area contributed by atoms with Crippen molar-refractivity contribution in [3.63, 3.8) is 0 Å². The van der Waals surface area contributed by atoms with Crippen LogP contribution in [0.4, 0.5) is 36.4 Å². The summed E-state index contributed by atoms with van der Waals surface area (Å²) in [5.41, 5.74) is -2.31. The van der Waals surface area contributed by atoms with Gasteiger partial charge in [0.2, 0.25) is 6.20 Å². The first-order valence-corrected chi connectivity index (χ1v) is 9.12. The fraction of sp³-hybridized carbons (Fsp3) is 0.105. The van der Waals surface area contributed by atoms with E-state index >= 15 is 0 Å². The van der Waals surface area contributed by atoms with Crippen molar-refractivity contribution in [3.05, 3.63) is 76.0 Å². The van der Waals surface area contributed by atoms with Crippen molar-refractivity contribution in [2.24, 2.45) is 0 Å². The summed E-state index contributed by atoms with van der Waals surface area (Å²) in [4.78, 5) is 12.9. The maximum atomic E-state index is 14.0. The lowest BCUT2D eigenvalue weighted by atomic mass is 10.1. The van der Waals surface area contributed by atoms with Crippen molar-refractivity contribution in [2.75, 3.05) is 5.32 Å². The number of carbonyl (C=O) groups is 1. The molecule has 1 amide bonds. The lowest BCUT2D eigenvalue weighted by molar-refractivity contribution is -0.669. The topological polar surface area (TPSA) is 87.4 Å². The Hall–Kier alpha value is -3.81. The van der Waals surface area contributed by atoms with Gasteiger partial charge in [0, 0.05) is 17.2 Å². The number of hydrogen-bond acceptors (Lipinski definition) is 5. The Morgan fingerprint density at radius 3 is 2.29 bits per heavy atom. The van der Waals surface area contributed by atoms with E-state index in [2.05, 4.69) is 15.2 Å². The summed E-state index contributed by atoms with van der Waals surface area (Å²) in [6, 6.07) is 4.16. The van der Waals surface area contributed by atoms with Crippen LogP contribution in [0.2, 0.25) is 5.02 Å². The number of aromatic nitrogens is 2. The zero-order valence-electron chi connectivity index (χ0n) is 16.2. The maximum absolute atomic E-state index is 14.0.